The number of amides is 1. The van der Waals surface area contributed by atoms with Crippen LogP contribution in [0.5, 0.6) is 0 Å². The van der Waals surface area contributed by atoms with Crippen LogP contribution in [0, 0.1) is 0 Å². The number of hydrogen-bond acceptors (Lipinski definition) is 3. The van der Waals surface area contributed by atoms with Crippen molar-refractivity contribution in [2.45, 2.75) is 52.0 Å². The van der Waals surface area contributed by atoms with Gasteiger partial charge in [-0.3, -0.25) is 9.79 Å². The summed E-state index contributed by atoms with van der Waals surface area (Å²) in [5.41, 5.74) is 1.89. The van der Waals surface area contributed by atoms with Gasteiger partial charge < -0.3 is 5.32 Å². The monoisotopic (exact) mass is 261 g/mol. The lowest BCUT2D eigenvalue weighted by Crippen LogP contribution is -2.38. The van der Waals surface area contributed by atoms with Crippen molar-refractivity contribution >= 4 is 18.3 Å². The minimum Gasteiger partial charge on any atom is -0.348 e. The molecule has 0 unspecified atom stereocenters. The second kappa shape index (κ2) is 7.67. The van der Waals surface area contributed by atoms with E-state index in [-0.39, 0.29) is 11.9 Å². The molecule has 1 N–H and O–H groups in total. The van der Waals surface area contributed by atoms with E-state index >= 15 is 0 Å². The average Bonchev–Trinajstić information content (AvgIpc) is 2.82. The Hall–Kier alpha value is -1.71. The quantitative estimate of drug-likeness (QED) is 0.671. The van der Waals surface area contributed by atoms with Crippen LogP contribution < -0.4 is 5.32 Å². The van der Waals surface area contributed by atoms with E-state index in [1.807, 2.05) is 0 Å². The second-order valence-electron chi connectivity index (χ2n) is 4.68. The van der Waals surface area contributed by atoms with Gasteiger partial charge in [0.1, 0.15) is 5.71 Å². The molecule has 19 heavy (non-hydrogen) atoms. The standard InChI is InChI=1S/C15H23N3O/c1-5-8-11(9-6-2)17-15(19)14-10-13(16-4)12(7-3)18-14/h7,11H,3-6,8-10H2,1-2H3,(H,17,19). The maximum absolute atomic E-state index is 12.2. The zero-order valence-corrected chi connectivity index (χ0v) is 11.9. The SMILES string of the molecule is C=CC1=C(N=C)CC(C(=O)NC(CCC)CCC)=N1. The van der Waals surface area contributed by atoms with Gasteiger partial charge >= 0.3 is 0 Å². The zero-order chi connectivity index (χ0) is 14.3. The molecule has 1 heterocycles. The fourth-order valence-electron chi connectivity index (χ4n) is 2.18. The van der Waals surface area contributed by atoms with Crippen LogP contribution in [0.3, 0.4) is 0 Å². The number of nitrogens with one attached hydrogen (secondary N) is 1. The van der Waals surface area contributed by atoms with E-state index in [4.69, 9.17) is 0 Å². The molecule has 4 nitrogen and oxygen atoms in total. The summed E-state index contributed by atoms with van der Waals surface area (Å²) in [4.78, 5) is 20.3. The topological polar surface area (TPSA) is 53.8 Å². The fraction of sp³-hybridized carbons (Fsp3) is 0.533. The lowest BCUT2D eigenvalue weighted by Gasteiger charge is -2.17. The van der Waals surface area contributed by atoms with Crippen LogP contribution in [0.25, 0.3) is 0 Å². The Labute approximate surface area is 115 Å². The molecular formula is C15H23N3O. The third kappa shape index (κ3) is 4.16. The number of hydrogen-bond donors (Lipinski definition) is 1. The molecule has 1 aliphatic heterocycles. The van der Waals surface area contributed by atoms with Gasteiger partial charge in [0.05, 0.1) is 11.4 Å². The van der Waals surface area contributed by atoms with Gasteiger partial charge in [-0.15, -0.1) is 0 Å². The van der Waals surface area contributed by atoms with E-state index in [1.54, 1.807) is 6.08 Å². The minimum atomic E-state index is -0.0927. The molecule has 0 aromatic heterocycles. The Balaban J connectivity index is 2.65. The van der Waals surface area contributed by atoms with Crippen LogP contribution in [0.15, 0.2) is 34.0 Å². The van der Waals surface area contributed by atoms with Crippen molar-refractivity contribution in [2.24, 2.45) is 9.98 Å². The number of carbonyl (C=O) groups is 1. The van der Waals surface area contributed by atoms with Gasteiger partial charge in [-0.2, -0.15) is 0 Å². The van der Waals surface area contributed by atoms with Gasteiger partial charge in [0, 0.05) is 12.5 Å². The van der Waals surface area contributed by atoms with Crippen molar-refractivity contribution in [1.29, 1.82) is 0 Å². The van der Waals surface area contributed by atoms with Crippen molar-refractivity contribution in [2.75, 3.05) is 0 Å². The maximum atomic E-state index is 12.2. The average molecular weight is 261 g/mol. The summed E-state index contributed by atoms with van der Waals surface area (Å²) in [6, 6.07) is 0.234. The highest BCUT2D eigenvalue weighted by atomic mass is 16.2. The Morgan fingerprint density at radius 1 is 1.47 bits per heavy atom. The molecule has 1 aliphatic rings. The molecule has 0 bridgehead atoms. The molecule has 0 aliphatic carbocycles. The zero-order valence-electron chi connectivity index (χ0n) is 11.9. The summed E-state index contributed by atoms with van der Waals surface area (Å²) in [5, 5.41) is 3.06. The number of allylic oxidation sites excluding steroid dienone is 2. The second-order valence-corrected chi connectivity index (χ2v) is 4.68. The molecular weight excluding hydrogens is 238 g/mol. The van der Waals surface area contributed by atoms with Gasteiger partial charge in [0.15, 0.2) is 0 Å². The van der Waals surface area contributed by atoms with Gasteiger partial charge in [-0.1, -0.05) is 33.3 Å². The Kier molecular flexibility index (Phi) is 6.19. The predicted octanol–water partition coefficient (Wildman–Crippen LogP) is 3.01. The van der Waals surface area contributed by atoms with Gasteiger partial charge in [-0.05, 0) is 25.6 Å². The van der Waals surface area contributed by atoms with Crippen molar-refractivity contribution in [3.8, 4) is 0 Å². The molecule has 0 saturated heterocycles. The molecule has 0 saturated carbocycles. The summed E-state index contributed by atoms with van der Waals surface area (Å²) in [7, 11) is 0. The van der Waals surface area contributed by atoms with Gasteiger partial charge in [-0.25, -0.2) is 4.99 Å². The van der Waals surface area contributed by atoms with Crippen LogP contribution in [0.1, 0.15) is 46.0 Å². The van der Waals surface area contributed by atoms with E-state index in [2.05, 4.69) is 42.4 Å². The molecule has 0 aromatic carbocycles. The molecule has 104 valence electrons. The van der Waals surface area contributed by atoms with Crippen LogP contribution in [-0.2, 0) is 4.79 Å². The first kappa shape index (κ1) is 15.3. The molecule has 0 atom stereocenters. The number of carbonyl (C=O) groups excluding carboxylic acids is 1. The first-order chi connectivity index (χ1) is 9.15. The van der Waals surface area contributed by atoms with E-state index < -0.39 is 0 Å². The number of aliphatic imine (C=N–C) groups is 2. The summed E-state index contributed by atoms with van der Waals surface area (Å²) in [6.45, 7) is 11.4. The third-order valence-corrected chi connectivity index (χ3v) is 3.14. The molecule has 0 aromatic rings. The molecule has 1 rings (SSSR count). The van der Waals surface area contributed by atoms with Crippen molar-refractivity contribution in [3.63, 3.8) is 0 Å². The van der Waals surface area contributed by atoms with Crippen molar-refractivity contribution in [3.05, 3.63) is 24.0 Å². The summed E-state index contributed by atoms with van der Waals surface area (Å²) >= 11 is 0. The molecule has 0 spiro atoms. The molecule has 4 heteroatoms. The Morgan fingerprint density at radius 2 is 2.11 bits per heavy atom. The molecule has 1 amide bonds. The largest absolute Gasteiger partial charge is 0.348 e. The van der Waals surface area contributed by atoms with E-state index in [9.17, 15) is 4.79 Å². The van der Waals surface area contributed by atoms with Crippen LogP contribution in [-0.4, -0.2) is 24.4 Å². The van der Waals surface area contributed by atoms with Crippen LogP contribution in [0.2, 0.25) is 0 Å². The van der Waals surface area contributed by atoms with Crippen molar-refractivity contribution in [1.82, 2.24) is 5.32 Å². The lowest BCUT2D eigenvalue weighted by atomic mass is 10.1. The van der Waals surface area contributed by atoms with Crippen LogP contribution in [0.4, 0.5) is 0 Å². The summed E-state index contributed by atoms with van der Waals surface area (Å²) in [5.74, 6) is -0.0927. The Morgan fingerprint density at radius 3 is 2.53 bits per heavy atom. The first-order valence-corrected chi connectivity index (χ1v) is 6.86. The smallest absolute Gasteiger partial charge is 0.266 e. The van der Waals surface area contributed by atoms with Gasteiger partial charge in [0.2, 0.25) is 0 Å². The van der Waals surface area contributed by atoms with E-state index in [0.29, 0.717) is 17.8 Å². The van der Waals surface area contributed by atoms with Crippen molar-refractivity contribution < 1.29 is 4.79 Å². The maximum Gasteiger partial charge on any atom is 0.266 e. The highest BCUT2D eigenvalue weighted by Gasteiger charge is 2.22. The Bertz CT molecular complexity index is 415. The highest BCUT2D eigenvalue weighted by molar-refractivity contribution is 6.40. The van der Waals surface area contributed by atoms with E-state index in [1.165, 1.54) is 0 Å². The normalized spacial score (nSPS) is 14.6. The summed E-state index contributed by atoms with van der Waals surface area (Å²) in [6.07, 6.45) is 6.18. The molecule has 0 radical (unpaired) electrons. The minimum absolute atomic E-state index is 0.0927. The highest BCUT2D eigenvalue weighted by Crippen LogP contribution is 2.21. The summed E-state index contributed by atoms with van der Waals surface area (Å²) < 4.78 is 0. The first-order valence-electron chi connectivity index (χ1n) is 6.86. The molecule has 0 fully saturated rings. The van der Waals surface area contributed by atoms with Gasteiger partial charge in [0.25, 0.3) is 5.91 Å². The lowest BCUT2D eigenvalue weighted by molar-refractivity contribution is -0.115. The van der Waals surface area contributed by atoms with Crippen LogP contribution >= 0.6 is 0 Å². The predicted molar refractivity (Wildman–Crippen MR) is 80.6 cm³/mol. The number of nitrogens with zero attached hydrogens (tertiary/aromatic N) is 2. The number of rotatable bonds is 8. The third-order valence-electron chi connectivity index (χ3n) is 3.14. The van der Waals surface area contributed by atoms with E-state index in [0.717, 1.165) is 31.4 Å². The fourth-order valence-corrected chi connectivity index (χ4v) is 2.18.